The third-order valence-corrected chi connectivity index (χ3v) is 2.74. The molecule has 0 aliphatic heterocycles. The second kappa shape index (κ2) is 7.45. The molecule has 0 radical (unpaired) electrons. The fourth-order valence-electron chi connectivity index (χ4n) is 1.57. The largest absolute Gasteiger partial charge is 0.466 e. The van der Waals surface area contributed by atoms with E-state index in [1.54, 1.807) is 6.92 Å². The Morgan fingerprint density at radius 1 is 1.47 bits per heavy atom. The van der Waals surface area contributed by atoms with Gasteiger partial charge in [0.15, 0.2) is 0 Å². The van der Waals surface area contributed by atoms with Crippen molar-refractivity contribution in [3.63, 3.8) is 0 Å². The maximum atomic E-state index is 11.2. The summed E-state index contributed by atoms with van der Waals surface area (Å²) < 4.78 is 4.61. The molecule has 0 aromatic heterocycles. The summed E-state index contributed by atoms with van der Waals surface area (Å²) in [5, 5.41) is 12.3. The highest BCUT2D eigenvalue weighted by molar-refractivity contribution is 5.87. The van der Waals surface area contributed by atoms with Crippen LogP contribution in [-0.2, 0) is 9.53 Å². The molecular weight excluding hydrogens is 218 g/mol. The Hall–Kier alpha value is -0.870. The Kier molecular flexibility index (Phi) is 7.07. The zero-order valence-corrected chi connectivity index (χ0v) is 11.5. The molecule has 0 spiro atoms. The quantitative estimate of drug-likeness (QED) is 0.548. The lowest BCUT2D eigenvalue weighted by atomic mass is 9.85. The van der Waals surface area contributed by atoms with Gasteiger partial charge >= 0.3 is 5.97 Å². The van der Waals surface area contributed by atoms with Crippen LogP contribution < -0.4 is 5.32 Å². The van der Waals surface area contributed by atoms with Crippen LogP contribution in [0.5, 0.6) is 0 Å². The van der Waals surface area contributed by atoms with Gasteiger partial charge in [-0.25, -0.2) is 4.79 Å². The second-order valence-electron chi connectivity index (χ2n) is 5.22. The number of nitrogens with one attached hydrogen (secondary N) is 1. The molecule has 0 rings (SSSR count). The lowest BCUT2D eigenvalue weighted by molar-refractivity contribution is -0.136. The first-order chi connectivity index (χ1) is 7.82. The van der Waals surface area contributed by atoms with Crippen molar-refractivity contribution in [2.45, 2.75) is 40.2 Å². The predicted molar refractivity (Wildman–Crippen MR) is 68.7 cm³/mol. The van der Waals surface area contributed by atoms with Crippen molar-refractivity contribution in [3.05, 3.63) is 11.6 Å². The molecule has 0 aliphatic rings. The molecule has 1 unspecified atom stereocenters. The molecule has 0 saturated heterocycles. The number of hydrogen-bond donors (Lipinski definition) is 2. The third-order valence-electron chi connectivity index (χ3n) is 2.74. The van der Waals surface area contributed by atoms with Crippen molar-refractivity contribution in [2.24, 2.45) is 5.41 Å². The Balaban J connectivity index is 4.28. The minimum Gasteiger partial charge on any atom is -0.466 e. The van der Waals surface area contributed by atoms with E-state index in [0.717, 1.165) is 0 Å². The van der Waals surface area contributed by atoms with Crippen LogP contribution in [0.3, 0.4) is 0 Å². The number of aliphatic hydroxyl groups is 1. The molecule has 0 heterocycles. The lowest BCUT2D eigenvalue weighted by Gasteiger charge is -2.31. The highest BCUT2D eigenvalue weighted by atomic mass is 16.5. The van der Waals surface area contributed by atoms with Crippen molar-refractivity contribution in [3.8, 4) is 0 Å². The maximum Gasteiger partial charge on any atom is 0.333 e. The molecule has 0 aromatic rings. The van der Waals surface area contributed by atoms with Gasteiger partial charge < -0.3 is 15.2 Å². The van der Waals surface area contributed by atoms with E-state index in [2.05, 4.69) is 30.8 Å². The normalized spacial score (nSPS) is 14.6. The number of methoxy groups -OCH3 is 1. The standard InChI is InChI=1S/C13H25NO3/c1-10(12(16)17-5)6-8-14-11(7-9-15)13(2,3)4/h6,11,14-15H,7-9H2,1-5H3. The van der Waals surface area contributed by atoms with E-state index >= 15 is 0 Å². The van der Waals surface area contributed by atoms with Gasteiger partial charge in [-0.3, -0.25) is 0 Å². The van der Waals surface area contributed by atoms with Gasteiger partial charge in [0.2, 0.25) is 0 Å². The summed E-state index contributed by atoms with van der Waals surface area (Å²) in [5.74, 6) is -0.304. The monoisotopic (exact) mass is 243 g/mol. The van der Waals surface area contributed by atoms with Crippen LogP contribution in [0.2, 0.25) is 0 Å². The summed E-state index contributed by atoms with van der Waals surface area (Å²) in [7, 11) is 1.37. The number of esters is 1. The van der Waals surface area contributed by atoms with E-state index in [-0.39, 0.29) is 24.0 Å². The fraction of sp³-hybridized carbons (Fsp3) is 0.769. The zero-order valence-electron chi connectivity index (χ0n) is 11.5. The van der Waals surface area contributed by atoms with E-state index in [1.807, 2.05) is 6.08 Å². The minimum absolute atomic E-state index is 0.0791. The van der Waals surface area contributed by atoms with E-state index in [0.29, 0.717) is 18.5 Å². The number of rotatable bonds is 6. The first-order valence-electron chi connectivity index (χ1n) is 5.92. The SMILES string of the molecule is COC(=O)C(C)=CCNC(CCO)C(C)(C)C. The van der Waals surface area contributed by atoms with Crippen LogP contribution in [0.25, 0.3) is 0 Å². The fourth-order valence-corrected chi connectivity index (χ4v) is 1.57. The van der Waals surface area contributed by atoms with E-state index in [1.165, 1.54) is 7.11 Å². The van der Waals surface area contributed by atoms with Crippen LogP contribution in [0, 0.1) is 5.41 Å². The van der Waals surface area contributed by atoms with E-state index in [4.69, 9.17) is 5.11 Å². The predicted octanol–water partition coefficient (Wildman–Crippen LogP) is 1.49. The number of carbonyl (C=O) groups excluding carboxylic acids is 1. The van der Waals surface area contributed by atoms with Crippen molar-refractivity contribution in [1.82, 2.24) is 5.32 Å². The summed E-state index contributed by atoms with van der Waals surface area (Å²) in [5.41, 5.74) is 0.673. The van der Waals surface area contributed by atoms with Gasteiger partial charge in [0.25, 0.3) is 0 Å². The average Bonchev–Trinajstić information content (AvgIpc) is 2.25. The molecular formula is C13H25NO3. The summed E-state index contributed by atoms with van der Waals surface area (Å²) in [6.45, 7) is 8.86. The average molecular weight is 243 g/mol. The molecule has 2 N–H and O–H groups in total. The van der Waals surface area contributed by atoms with Crippen molar-refractivity contribution in [1.29, 1.82) is 0 Å². The molecule has 0 bridgehead atoms. The highest BCUT2D eigenvalue weighted by Crippen LogP contribution is 2.21. The van der Waals surface area contributed by atoms with Crippen LogP contribution >= 0.6 is 0 Å². The van der Waals surface area contributed by atoms with Gasteiger partial charge in [0, 0.05) is 24.8 Å². The Morgan fingerprint density at radius 2 is 2.06 bits per heavy atom. The molecule has 4 nitrogen and oxygen atoms in total. The van der Waals surface area contributed by atoms with Gasteiger partial charge in [0.05, 0.1) is 7.11 Å². The van der Waals surface area contributed by atoms with Crippen molar-refractivity contribution in [2.75, 3.05) is 20.3 Å². The number of carbonyl (C=O) groups is 1. The molecule has 0 aliphatic carbocycles. The summed E-state index contributed by atoms with van der Waals surface area (Å²) in [4.78, 5) is 11.2. The molecule has 0 saturated carbocycles. The van der Waals surface area contributed by atoms with Crippen molar-refractivity contribution < 1.29 is 14.6 Å². The van der Waals surface area contributed by atoms with Gasteiger partial charge in [-0.15, -0.1) is 0 Å². The minimum atomic E-state index is -0.304. The van der Waals surface area contributed by atoms with Crippen LogP contribution in [0.15, 0.2) is 11.6 Å². The number of ether oxygens (including phenoxy) is 1. The van der Waals surface area contributed by atoms with Crippen LogP contribution in [-0.4, -0.2) is 37.4 Å². The first-order valence-corrected chi connectivity index (χ1v) is 5.92. The Labute approximate surface area is 104 Å². The molecule has 1 atom stereocenters. The smallest absolute Gasteiger partial charge is 0.333 e. The van der Waals surface area contributed by atoms with Gasteiger partial charge in [-0.05, 0) is 18.8 Å². The molecule has 100 valence electrons. The maximum absolute atomic E-state index is 11.2. The molecule has 0 aromatic carbocycles. The lowest BCUT2D eigenvalue weighted by Crippen LogP contribution is -2.41. The number of aliphatic hydroxyl groups excluding tert-OH is 1. The van der Waals surface area contributed by atoms with Crippen LogP contribution in [0.1, 0.15) is 34.1 Å². The second-order valence-corrected chi connectivity index (χ2v) is 5.22. The van der Waals surface area contributed by atoms with Gasteiger partial charge in [-0.1, -0.05) is 26.8 Å². The highest BCUT2D eigenvalue weighted by Gasteiger charge is 2.22. The third kappa shape index (κ3) is 6.44. The van der Waals surface area contributed by atoms with E-state index in [9.17, 15) is 4.79 Å². The summed E-state index contributed by atoms with van der Waals surface area (Å²) in [6, 6.07) is 0.217. The van der Waals surface area contributed by atoms with Crippen LogP contribution in [0.4, 0.5) is 0 Å². The summed E-state index contributed by atoms with van der Waals surface area (Å²) >= 11 is 0. The zero-order chi connectivity index (χ0) is 13.5. The van der Waals surface area contributed by atoms with Gasteiger partial charge in [-0.2, -0.15) is 0 Å². The molecule has 17 heavy (non-hydrogen) atoms. The summed E-state index contributed by atoms with van der Waals surface area (Å²) in [6.07, 6.45) is 2.51. The Morgan fingerprint density at radius 3 is 2.47 bits per heavy atom. The molecule has 0 fully saturated rings. The van der Waals surface area contributed by atoms with Crippen molar-refractivity contribution >= 4 is 5.97 Å². The van der Waals surface area contributed by atoms with E-state index < -0.39 is 0 Å². The first kappa shape index (κ1) is 16.1. The Bertz CT molecular complexity index is 266. The molecule has 4 heteroatoms. The van der Waals surface area contributed by atoms with Gasteiger partial charge in [0.1, 0.15) is 0 Å². The molecule has 0 amide bonds. The number of hydrogen-bond acceptors (Lipinski definition) is 4. The topological polar surface area (TPSA) is 58.6 Å².